The van der Waals surface area contributed by atoms with Crippen LogP contribution in [0.2, 0.25) is 0 Å². The summed E-state index contributed by atoms with van der Waals surface area (Å²) < 4.78 is 19.9. The number of benzene rings is 1. The number of halogens is 2. The summed E-state index contributed by atoms with van der Waals surface area (Å²) in [6.07, 6.45) is 13.5. The molecule has 0 N–H and O–H groups in total. The molecule has 2 fully saturated rings. The van der Waals surface area contributed by atoms with Gasteiger partial charge in [-0.1, -0.05) is 19.1 Å². The molecule has 0 amide bonds. The predicted octanol–water partition coefficient (Wildman–Crippen LogP) is 6.93. The summed E-state index contributed by atoms with van der Waals surface area (Å²) in [7, 11) is 0. The lowest BCUT2D eigenvalue weighted by atomic mass is 9.69. The fraction of sp³-hybridized carbons (Fsp3) is 0.609. The smallest absolute Gasteiger partial charge is 0.330 e. The van der Waals surface area contributed by atoms with Gasteiger partial charge in [0.25, 0.3) is 0 Å². The Hall–Kier alpha value is -1.16. The monoisotopic (exact) mass is 436 g/mol. The van der Waals surface area contributed by atoms with Crippen LogP contribution < -0.4 is 0 Å². The van der Waals surface area contributed by atoms with Crippen LogP contribution >= 0.6 is 15.9 Å². The first-order chi connectivity index (χ1) is 13.1. The predicted molar refractivity (Wildman–Crippen MR) is 110 cm³/mol. The van der Waals surface area contributed by atoms with Crippen LogP contribution in [0.3, 0.4) is 0 Å². The highest BCUT2D eigenvalue weighted by molar-refractivity contribution is 9.10. The van der Waals surface area contributed by atoms with Gasteiger partial charge in [0, 0.05) is 6.08 Å². The van der Waals surface area contributed by atoms with Crippen LogP contribution in [0.15, 0.2) is 34.8 Å². The van der Waals surface area contributed by atoms with Crippen molar-refractivity contribution in [3.05, 3.63) is 46.2 Å². The first-order valence-corrected chi connectivity index (χ1v) is 11.2. The van der Waals surface area contributed by atoms with E-state index in [-0.39, 0.29) is 17.9 Å². The minimum atomic E-state index is -0.192. The van der Waals surface area contributed by atoms with E-state index < -0.39 is 0 Å². The number of rotatable bonds is 5. The largest absolute Gasteiger partial charge is 0.459 e. The van der Waals surface area contributed by atoms with E-state index >= 15 is 0 Å². The molecule has 0 saturated heterocycles. The van der Waals surface area contributed by atoms with E-state index in [0.717, 1.165) is 62.3 Å². The zero-order valence-corrected chi connectivity index (χ0v) is 17.7. The molecule has 0 heterocycles. The minimum absolute atomic E-state index is 0.0948. The Morgan fingerprint density at radius 1 is 1.11 bits per heavy atom. The maximum atomic E-state index is 13.8. The Bertz CT molecular complexity index is 656. The Kier molecular flexibility index (Phi) is 7.51. The molecule has 0 unspecified atom stereocenters. The van der Waals surface area contributed by atoms with Gasteiger partial charge in [0.05, 0.1) is 4.47 Å². The van der Waals surface area contributed by atoms with Crippen molar-refractivity contribution >= 4 is 21.9 Å². The molecule has 0 aromatic heterocycles. The van der Waals surface area contributed by atoms with Crippen LogP contribution in [-0.4, -0.2) is 12.1 Å². The number of carbonyl (C=O) groups is 1. The van der Waals surface area contributed by atoms with Gasteiger partial charge in [0.15, 0.2) is 0 Å². The van der Waals surface area contributed by atoms with Crippen molar-refractivity contribution in [2.24, 2.45) is 11.8 Å². The highest BCUT2D eigenvalue weighted by Gasteiger charge is 2.32. The Morgan fingerprint density at radius 2 is 1.74 bits per heavy atom. The fourth-order valence-electron chi connectivity index (χ4n) is 4.79. The normalized spacial score (nSPS) is 29.0. The van der Waals surface area contributed by atoms with E-state index in [0.29, 0.717) is 10.4 Å². The zero-order chi connectivity index (χ0) is 19.2. The molecule has 2 nitrogen and oxygen atoms in total. The standard InChI is InChI=1S/C23H30BrFO2/c1-2-3-4-23(26)27-20-12-9-17(10-13-20)16-5-7-18(8-6-16)19-11-14-21(24)22(25)15-19/h3-4,11,14-18,20H,2,5-10,12-13H2,1H3/b4-3+. The topological polar surface area (TPSA) is 26.3 Å². The SMILES string of the molecule is CC/C=C/C(=O)OC1CCC(C2CCC(c3ccc(Br)c(F)c3)CC2)CC1. The first kappa shape index (κ1) is 20.6. The van der Waals surface area contributed by atoms with Gasteiger partial charge in [-0.05, 0) is 109 Å². The van der Waals surface area contributed by atoms with Crippen molar-refractivity contribution in [3.63, 3.8) is 0 Å². The summed E-state index contributed by atoms with van der Waals surface area (Å²) in [5.74, 6) is 1.68. The minimum Gasteiger partial charge on any atom is -0.459 e. The summed E-state index contributed by atoms with van der Waals surface area (Å²) >= 11 is 3.24. The quantitative estimate of drug-likeness (QED) is 0.369. The lowest BCUT2D eigenvalue weighted by Crippen LogP contribution is -2.29. The van der Waals surface area contributed by atoms with E-state index in [1.54, 1.807) is 12.1 Å². The third-order valence-corrected chi connectivity index (χ3v) is 6.99. The van der Waals surface area contributed by atoms with Gasteiger partial charge in [-0.2, -0.15) is 0 Å². The maximum Gasteiger partial charge on any atom is 0.330 e. The van der Waals surface area contributed by atoms with E-state index in [1.165, 1.54) is 12.8 Å². The second kappa shape index (κ2) is 9.86. The fourth-order valence-corrected chi connectivity index (χ4v) is 5.03. The number of allylic oxidation sites excluding steroid dienone is 1. The van der Waals surface area contributed by atoms with E-state index in [9.17, 15) is 9.18 Å². The molecule has 0 radical (unpaired) electrons. The van der Waals surface area contributed by atoms with Crippen molar-refractivity contribution < 1.29 is 13.9 Å². The third-order valence-electron chi connectivity index (χ3n) is 6.34. The lowest BCUT2D eigenvalue weighted by molar-refractivity contribution is -0.145. The Balaban J connectivity index is 1.43. The van der Waals surface area contributed by atoms with Crippen LogP contribution in [0.4, 0.5) is 4.39 Å². The number of carbonyl (C=O) groups excluding carboxylic acids is 1. The molecule has 0 atom stereocenters. The van der Waals surface area contributed by atoms with Crippen LogP contribution in [0.25, 0.3) is 0 Å². The average molecular weight is 437 g/mol. The molecular weight excluding hydrogens is 407 g/mol. The van der Waals surface area contributed by atoms with Gasteiger partial charge in [-0.3, -0.25) is 0 Å². The third kappa shape index (κ3) is 5.66. The van der Waals surface area contributed by atoms with Gasteiger partial charge < -0.3 is 4.74 Å². The highest BCUT2D eigenvalue weighted by atomic mass is 79.9. The van der Waals surface area contributed by atoms with Crippen LogP contribution in [0, 0.1) is 17.7 Å². The van der Waals surface area contributed by atoms with Gasteiger partial charge in [-0.25, -0.2) is 9.18 Å². The number of hydrogen-bond donors (Lipinski definition) is 0. The molecule has 2 aliphatic carbocycles. The highest BCUT2D eigenvalue weighted by Crippen LogP contribution is 2.43. The Labute approximate surface area is 170 Å². The first-order valence-electron chi connectivity index (χ1n) is 10.4. The summed E-state index contributed by atoms with van der Waals surface area (Å²) in [4.78, 5) is 11.7. The van der Waals surface area contributed by atoms with Crippen LogP contribution in [0.5, 0.6) is 0 Å². The summed E-state index contributed by atoms with van der Waals surface area (Å²) in [5.41, 5.74) is 1.14. The molecule has 3 rings (SSSR count). The number of esters is 1. The molecule has 1 aromatic carbocycles. The van der Waals surface area contributed by atoms with E-state index in [4.69, 9.17) is 4.74 Å². The average Bonchev–Trinajstić information content (AvgIpc) is 2.69. The van der Waals surface area contributed by atoms with Gasteiger partial charge in [0.1, 0.15) is 11.9 Å². The molecule has 0 spiro atoms. The van der Waals surface area contributed by atoms with E-state index in [1.807, 2.05) is 19.1 Å². The molecular formula is C23H30BrFO2. The molecule has 27 heavy (non-hydrogen) atoms. The van der Waals surface area contributed by atoms with Crippen molar-refractivity contribution in [2.45, 2.75) is 76.7 Å². The molecule has 0 aliphatic heterocycles. The summed E-state index contributed by atoms with van der Waals surface area (Å²) in [5, 5.41) is 0. The molecule has 2 saturated carbocycles. The van der Waals surface area contributed by atoms with Crippen molar-refractivity contribution in [2.75, 3.05) is 0 Å². The summed E-state index contributed by atoms with van der Waals surface area (Å²) in [6, 6.07) is 5.58. The van der Waals surface area contributed by atoms with Crippen molar-refractivity contribution in [1.29, 1.82) is 0 Å². The molecule has 148 valence electrons. The van der Waals surface area contributed by atoms with Crippen molar-refractivity contribution in [3.8, 4) is 0 Å². The zero-order valence-electron chi connectivity index (χ0n) is 16.1. The Morgan fingerprint density at radius 3 is 2.33 bits per heavy atom. The molecule has 2 aliphatic rings. The van der Waals surface area contributed by atoms with Gasteiger partial charge in [0.2, 0.25) is 0 Å². The van der Waals surface area contributed by atoms with Gasteiger partial charge in [-0.15, -0.1) is 0 Å². The summed E-state index contributed by atoms with van der Waals surface area (Å²) in [6.45, 7) is 2.01. The second-order valence-electron chi connectivity index (χ2n) is 8.07. The van der Waals surface area contributed by atoms with Crippen molar-refractivity contribution in [1.82, 2.24) is 0 Å². The van der Waals surface area contributed by atoms with E-state index in [2.05, 4.69) is 22.0 Å². The number of hydrogen-bond acceptors (Lipinski definition) is 2. The van der Waals surface area contributed by atoms with Crippen LogP contribution in [-0.2, 0) is 9.53 Å². The number of ether oxygens (including phenoxy) is 1. The van der Waals surface area contributed by atoms with Crippen LogP contribution in [0.1, 0.15) is 76.2 Å². The molecule has 1 aromatic rings. The maximum absolute atomic E-state index is 13.8. The lowest BCUT2D eigenvalue weighted by Gasteiger charge is -2.37. The molecule has 4 heteroatoms. The molecule has 0 bridgehead atoms. The second-order valence-corrected chi connectivity index (χ2v) is 8.92. The van der Waals surface area contributed by atoms with Gasteiger partial charge >= 0.3 is 5.97 Å².